The van der Waals surface area contributed by atoms with Crippen LogP contribution in [0.4, 0.5) is 4.79 Å². The van der Waals surface area contributed by atoms with Crippen LogP contribution in [0.3, 0.4) is 0 Å². The molecule has 4 heterocycles. The summed E-state index contributed by atoms with van der Waals surface area (Å²) in [6, 6.07) is 9.11. The molecule has 0 radical (unpaired) electrons. The molecule has 0 bridgehead atoms. The summed E-state index contributed by atoms with van der Waals surface area (Å²) in [5, 5.41) is 10.5. The highest BCUT2D eigenvalue weighted by Gasteiger charge is 2.26. The van der Waals surface area contributed by atoms with Gasteiger partial charge in [-0.1, -0.05) is 12.1 Å². The summed E-state index contributed by atoms with van der Waals surface area (Å²) < 4.78 is 0. The molecule has 0 aliphatic carbocycles. The lowest BCUT2D eigenvalue weighted by Gasteiger charge is -2.28. The number of amides is 2. The second-order valence-electron chi connectivity index (χ2n) is 7.64. The van der Waals surface area contributed by atoms with Crippen molar-refractivity contribution in [3.05, 3.63) is 44.8 Å². The highest BCUT2D eigenvalue weighted by atomic mass is 32.1. The quantitative estimate of drug-likeness (QED) is 0.679. The Morgan fingerprint density at radius 1 is 0.821 bits per heavy atom. The number of hydrogen-bond acceptors (Lipinski definition) is 5. The van der Waals surface area contributed by atoms with E-state index in [0.29, 0.717) is 25.2 Å². The van der Waals surface area contributed by atoms with E-state index < -0.39 is 0 Å². The highest BCUT2D eigenvalue weighted by Crippen LogP contribution is 2.29. The third-order valence-electron chi connectivity index (χ3n) is 5.82. The Labute approximate surface area is 175 Å². The first-order chi connectivity index (χ1) is 13.8. The molecule has 2 aliphatic rings. The maximum absolute atomic E-state index is 12.6. The van der Waals surface area contributed by atoms with E-state index in [0.717, 1.165) is 26.2 Å². The average Bonchev–Trinajstić information content (AvgIpc) is 3.51. The molecule has 2 atom stereocenters. The SMILES string of the molecule is O=C(NCC(c1cccs1)N1CCCC1)NCC(c1cccs1)N1CCCC1. The molecular formula is C21H30N4OS2. The van der Waals surface area contributed by atoms with Crippen molar-refractivity contribution in [2.45, 2.75) is 37.8 Å². The summed E-state index contributed by atoms with van der Waals surface area (Å²) >= 11 is 3.57. The topological polar surface area (TPSA) is 47.6 Å². The van der Waals surface area contributed by atoms with E-state index >= 15 is 0 Å². The fraction of sp³-hybridized carbons (Fsp3) is 0.571. The van der Waals surface area contributed by atoms with Crippen molar-refractivity contribution in [1.29, 1.82) is 0 Å². The maximum Gasteiger partial charge on any atom is 0.314 e. The zero-order valence-electron chi connectivity index (χ0n) is 16.3. The first kappa shape index (κ1) is 19.9. The Balaban J connectivity index is 1.31. The van der Waals surface area contributed by atoms with Gasteiger partial charge in [0.05, 0.1) is 12.1 Å². The minimum Gasteiger partial charge on any atom is -0.336 e. The number of nitrogens with one attached hydrogen (secondary N) is 2. The standard InChI is InChI=1S/C21H30N4OS2/c26-21(22-15-17(19-7-5-13-27-19)24-9-1-2-10-24)23-16-18(20-8-6-14-28-20)25-11-3-4-12-25/h5-8,13-14,17-18H,1-4,9-12,15-16H2,(H2,22,23,26). The van der Waals surface area contributed by atoms with Crippen LogP contribution in [-0.2, 0) is 0 Å². The summed E-state index contributed by atoms with van der Waals surface area (Å²) in [5.74, 6) is 0. The van der Waals surface area contributed by atoms with E-state index in [1.807, 2.05) is 0 Å². The molecule has 0 spiro atoms. The minimum absolute atomic E-state index is 0.0542. The second kappa shape index (κ2) is 9.87. The van der Waals surface area contributed by atoms with Crippen LogP contribution in [0.5, 0.6) is 0 Å². The van der Waals surface area contributed by atoms with Gasteiger partial charge in [0, 0.05) is 22.8 Å². The van der Waals surface area contributed by atoms with Crippen molar-refractivity contribution in [1.82, 2.24) is 20.4 Å². The van der Waals surface area contributed by atoms with Crippen LogP contribution in [0.1, 0.15) is 47.5 Å². The van der Waals surface area contributed by atoms with Crippen LogP contribution >= 0.6 is 22.7 Å². The number of thiophene rings is 2. The number of urea groups is 1. The van der Waals surface area contributed by atoms with Crippen molar-refractivity contribution in [3.8, 4) is 0 Å². The van der Waals surface area contributed by atoms with Crippen molar-refractivity contribution >= 4 is 28.7 Å². The van der Waals surface area contributed by atoms with Crippen molar-refractivity contribution < 1.29 is 4.79 Å². The Hall–Kier alpha value is -1.41. The van der Waals surface area contributed by atoms with Crippen LogP contribution < -0.4 is 10.6 Å². The predicted molar refractivity (Wildman–Crippen MR) is 117 cm³/mol. The molecule has 28 heavy (non-hydrogen) atoms. The van der Waals surface area contributed by atoms with Gasteiger partial charge in [-0.3, -0.25) is 9.80 Å². The fourth-order valence-electron chi connectivity index (χ4n) is 4.33. The number of carbonyl (C=O) groups excluding carboxylic acids is 1. The third kappa shape index (κ3) is 4.95. The maximum atomic E-state index is 12.6. The van der Waals surface area contributed by atoms with Crippen molar-refractivity contribution in [2.24, 2.45) is 0 Å². The summed E-state index contributed by atoms with van der Waals surface area (Å²) in [5.41, 5.74) is 0. The Morgan fingerprint density at radius 2 is 1.25 bits per heavy atom. The summed E-state index contributed by atoms with van der Waals surface area (Å²) in [6.45, 7) is 5.84. The summed E-state index contributed by atoms with van der Waals surface area (Å²) in [4.78, 5) is 20.3. The molecule has 2 aliphatic heterocycles. The number of hydrogen-bond donors (Lipinski definition) is 2. The monoisotopic (exact) mass is 418 g/mol. The molecule has 2 amide bonds. The predicted octanol–water partition coefficient (Wildman–Crippen LogP) is 4.08. The van der Waals surface area contributed by atoms with Gasteiger partial charge in [-0.2, -0.15) is 0 Å². The molecule has 0 saturated carbocycles. The summed E-state index contributed by atoms with van der Waals surface area (Å²) in [7, 11) is 0. The zero-order chi connectivity index (χ0) is 19.2. The average molecular weight is 419 g/mol. The van der Waals surface area contributed by atoms with Gasteiger partial charge < -0.3 is 10.6 Å². The lowest BCUT2D eigenvalue weighted by atomic mass is 10.2. The number of likely N-dealkylation sites (tertiary alicyclic amines) is 2. The van der Waals surface area contributed by atoms with Gasteiger partial charge in [-0.25, -0.2) is 4.79 Å². The molecule has 0 aromatic carbocycles. The van der Waals surface area contributed by atoms with Crippen LogP contribution in [0, 0.1) is 0 Å². The molecular weight excluding hydrogens is 388 g/mol. The van der Waals surface area contributed by atoms with Crippen LogP contribution in [0.2, 0.25) is 0 Å². The highest BCUT2D eigenvalue weighted by molar-refractivity contribution is 7.10. The number of nitrogens with zero attached hydrogens (tertiary/aromatic N) is 2. The lowest BCUT2D eigenvalue weighted by molar-refractivity contribution is 0.212. The Morgan fingerprint density at radius 3 is 1.61 bits per heavy atom. The second-order valence-corrected chi connectivity index (χ2v) is 9.60. The fourth-order valence-corrected chi connectivity index (χ4v) is 6.05. The van der Waals surface area contributed by atoms with Gasteiger partial charge in [0.1, 0.15) is 0 Å². The van der Waals surface area contributed by atoms with E-state index in [2.05, 4.69) is 55.5 Å². The molecule has 152 valence electrons. The Kier molecular flexibility index (Phi) is 7.01. The van der Waals surface area contributed by atoms with E-state index in [4.69, 9.17) is 0 Å². The van der Waals surface area contributed by atoms with Gasteiger partial charge in [-0.05, 0) is 74.8 Å². The van der Waals surface area contributed by atoms with Gasteiger partial charge >= 0.3 is 6.03 Å². The first-order valence-corrected chi connectivity index (χ1v) is 12.1. The minimum atomic E-state index is -0.0542. The smallest absolute Gasteiger partial charge is 0.314 e. The molecule has 2 aromatic heterocycles. The van der Waals surface area contributed by atoms with E-state index in [1.54, 1.807) is 22.7 Å². The molecule has 4 rings (SSSR count). The van der Waals surface area contributed by atoms with Gasteiger partial charge in [0.25, 0.3) is 0 Å². The van der Waals surface area contributed by atoms with E-state index in [1.165, 1.54) is 35.4 Å². The molecule has 5 nitrogen and oxygen atoms in total. The zero-order valence-corrected chi connectivity index (χ0v) is 17.9. The summed E-state index contributed by atoms with van der Waals surface area (Å²) in [6.07, 6.45) is 5.03. The number of carbonyl (C=O) groups is 1. The largest absolute Gasteiger partial charge is 0.336 e. The van der Waals surface area contributed by atoms with Gasteiger partial charge in [0.15, 0.2) is 0 Å². The number of rotatable bonds is 8. The van der Waals surface area contributed by atoms with Crippen molar-refractivity contribution in [3.63, 3.8) is 0 Å². The molecule has 2 N–H and O–H groups in total. The van der Waals surface area contributed by atoms with Crippen LogP contribution in [0.15, 0.2) is 35.0 Å². The van der Waals surface area contributed by atoms with Gasteiger partial charge in [0.2, 0.25) is 0 Å². The van der Waals surface area contributed by atoms with Crippen molar-refractivity contribution in [2.75, 3.05) is 39.3 Å². The van der Waals surface area contributed by atoms with E-state index in [-0.39, 0.29) is 6.03 Å². The molecule has 2 unspecified atom stereocenters. The third-order valence-corrected chi connectivity index (χ3v) is 7.77. The molecule has 2 fully saturated rings. The first-order valence-electron chi connectivity index (χ1n) is 10.4. The normalized spacial score (nSPS) is 20.3. The molecule has 2 aromatic rings. The Bertz CT molecular complexity index is 647. The van der Waals surface area contributed by atoms with Crippen LogP contribution in [0.25, 0.3) is 0 Å². The molecule has 2 saturated heterocycles. The van der Waals surface area contributed by atoms with Gasteiger partial charge in [-0.15, -0.1) is 22.7 Å². The van der Waals surface area contributed by atoms with Crippen LogP contribution in [-0.4, -0.2) is 55.1 Å². The lowest BCUT2D eigenvalue weighted by Crippen LogP contribution is -2.44. The molecule has 7 heteroatoms. The van der Waals surface area contributed by atoms with E-state index in [9.17, 15) is 4.79 Å².